The van der Waals surface area contributed by atoms with Gasteiger partial charge in [0.05, 0.1) is 33.0 Å². The summed E-state index contributed by atoms with van der Waals surface area (Å²) in [6, 6.07) is 8.41. The highest BCUT2D eigenvalue weighted by Gasteiger charge is 2.38. The van der Waals surface area contributed by atoms with E-state index in [-0.39, 0.29) is 28.8 Å². The van der Waals surface area contributed by atoms with Gasteiger partial charge in [0.2, 0.25) is 0 Å². The van der Waals surface area contributed by atoms with Crippen molar-refractivity contribution in [3.05, 3.63) is 53.9 Å². The molecule has 0 aliphatic carbocycles. The molecule has 184 valence electrons. The topological polar surface area (TPSA) is 138 Å². The molecule has 0 amide bonds. The van der Waals surface area contributed by atoms with Gasteiger partial charge in [-0.3, -0.25) is 9.40 Å². The fourth-order valence-electron chi connectivity index (χ4n) is 4.19. The first-order valence-electron chi connectivity index (χ1n) is 10.8. The molecule has 35 heavy (non-hydrogen) atoms. The van der Waals surface area contributed by atoms with Gasteiger partial charge in [-0.1, -0.05) is 5.16 Å². The SMILES string of the molecule is COc1ccc2c(c1S(=O)(=O)Nc1noc3cc(Cn4cccn4)cc(OC)c13)OCCC2(C)O. The normalized spacial score (nSPS) is 17.6. The third-order valence-electron chi connectivity index (χ3n) is 5.93. The quantitative estimate of drug-likeness (QED) is 0.392. The summed E-state index contributed by atoms with van der Waals surface area (Å²) < 4.78 is 53.4. The van der Waals surface area contributed by atoms with Crippen LogP contribution in [0.25, 0.3) is 11.0 Å². The van der Waals surface area contributed by atoms with Crippen molar-refractivity contribution in [3.8, 4) is 17.2 Å². The molecule has 1 aliphatic rings. The number of sulfonamides is 1. The number of benzene rings is 2. The Morgan fingerprint density at radius 2 is 2.03 bits per heavy atom. The van der Waals surface area contributed by atoms with Crippen LogP contribution in [0.2, 0.25) is 0 Å². The van der Waals surface area contributed by atoms with Gasteiger partial charge in [-0.05, 0) is 42.8 Å². The molecule has 0 fully saturated rings. The van der Waals surface area contributed by atoms with E-state index in [2.05, 4.69) is 15.0 Å². The molecule has 1 unspecified atom stereocenters. The van der Waals surface area contributed by atoms with Crippen LogP contribution >= 0.6 is 0 Å². The lowest BCUT2D eigenvalue weighted by molar-refractivity contribution is 0.0132. The average molecular weight is 501 g/mol. The third-order valence-corrected chi connectivity index (χ3v) is 7.32. The molecule has 0 saturated heterocycles. The minimum atomic E-state index is -4.29. The Morgan fingerprint density at radius 1 is 1.23 bits per heavy atom. The van der Waals surface area contributed by atoms with Crippen molar-refractivity contribution in [1.82, 2.24) is 14.9 Å². The third kappa shape index (κ3) is 4.04. The maximum absolute atomic E-state index is 13.6. The van der Waals surface area contributed by atoms with Crippen molar-refractivity contribution in [2.24, 2.45) is 0 Å². The predicted octanol–water partition coefficient (Wildman–Crippen LogP) is 2.88. The first kappa shape index (κ1) is 23.0. The highest BCUT2D eigenvalue weighted by molar-refractivity contribution is 7.93. The summed E-state index contributed by atoms with van der Waals surface area (Å²) in [5.74, 6) is 0.430. The second-order valence-corrected chi connectivity index (χ2v) is 9.98. The van der Waals surface area contributed by atoms with Crippen molar-refractivity contribution >= 4 is 26.8 Å². The van der Waals surface area contributed by atoms with Crippen molar-refractivity contribution in [3.63, 3.8) is 0 Å². The summed E-state index contributed by atoms with van der Waals surface area (Å²) in [4.78, 5) is -0.233. The second kappa shape index (κ2) is 8.47. The molecule has 0 spiro atoms. The van der Waals surface area contributed by atoms with Gasteiger partial charge in [-0.15, -0.1) is 0 Å². The van der Waals surface area contributed by atoms with Gasteiger partial charge in [0.15, 0.2) is 16.3 Å². The van der Waals surface area contributed by atoms with Gasteiger partial charge < -0.3 is 23.8 Å². The largest absolute Gasteiger partial charge is 0.496 e. The van der Waals surface area contributed by atoms with Crippen LogP contribution in [-0.2, 0) is 22.2 Å². The fourth-order valence-corrected chi connectivity index (χ4v) is 5.51. The molecule has 12 heteroatoms. The maximum atomic E-state index is 13.6. The van der Waals surface area contributed by atoms with Crippen LogP contribution in [0.1, 0.15) is 24.5 Å². The number of aromatic nitrogens is 3. The Labute approximate surface area is 201 Å². The molecule has 11 nitrogen and oxygen atoms in total. The van der Waals surface area contributed by atoms with E-state index in [0.29, 0.717) is 35.2 Å². The number of hydrogen-bond acceptors (Lipinski definition) is 9. The number of fused-ring (bicyclic) bond motifs is 2. The number of ether oxygens (including phenoxy) is 3. The molecule has 5 rings (SSSR count). The average Bonchev–Trinajstić information content (AvgIpc) is 3.47. The van der Waals surface area contributed by atoms with E-state index < -0.39 is 15.6 Å². The lowest BCUT2D eigenvalue weighted by atomic mass is 9.90. The van der Waals surface area contributed by atoms with Crippen LogP contribution in [0.5, 0.6) is 17.2 Å². The molecule has 3 heterocycles. The number of nitrogens with zero attached hydrogens (tertiary/aromatic N) is 3. The summed E-state index contributed by atoms with van der Waals surface area (Å²) in [5, 5.41) is 19.3. The Hall–Kier alpha value is -3.77. The summed E-state index contributed by atoms with van der Waals surface area (Å²) in [6.45, 7) is 2.22. The Morgan fingerprint density at radius 3 is 2.74 bits per heavy atom. The number of aliphatic hydroxyl groups is 1. The van der Waals surface area contributed by atoms with Crippen molar-refractivity contribution in [2.45, 2.75) is 30.4 Å². The monoisotopic (exact) mass is 500 g/mol. The molecule has 0 saturated carbocycles. The molecule has 2 aromatic carbocycles. The summed E-state index contributed by atoms with van der Waals surface area (Å²) >= 11 is 0. The van der Waals surface area contributed by atoms with E-state index in [1.165, 1.54) is 20.3 Å². The Bertz CT molecular complexity index is 1490. The first-order valence-corrected chi connectivity index (χ1v) is 12.2. The number of anilines is 1. The van der Waals surface area contributed by atoms with Gasteiger partial charge >= 0.3 is 0 Å². The van der Waals surface area contributed by atoms with Crippen LogP contribution in [0.15, 0.2) is 52.1 Å². The minimum absolute atomic E-state index is 0.0365. The number of nitrogens with one attached hydrogen (secondary N) is 1. The van der Waals surface area contributed by atoms with E-state index in [4.69, 9.17) is 18.7 Å². The molecule has 1 aliphatic heterocycles. The summed E-state index contributed by atoms with van der Waals surface area (Å²) in [6.07, 6.45) is 3.83. The van der Waals surface area contributed by atoms with Crippen LogP contribution in [-0.4, -0.2) is 49.3 Å². The molecule has 0 bridgehead atoms. The minimum Gasteiger partial charge on any atom is -0.496 e. The van der Waals surface area contributed by atoms with Crippen LogP contribution in [0, 0.1) is 0 Å². The van der Waals surface area contributed by atoms with Crippen LogP contribution in [0.3, 0.4) is 0 Å². The maximum Gasteiger partial charge on any atom is 0.270 e. The van der Waals surface area contributed by atoms with E-state index in [0.717, 1.165) is 5.56 Å². The molecule has 4 aromatic rings. The Kier molecular flexibility index (Phi) is 5.56. The predicted molar refractivity (Wildman–Crippen MR) is 125 cm³/mol. The summed E-state index contributed by atoms with van der Waals surface area (Å²) in [5.41, 5.74) is 0.276. The van der Waals surface area contributed by atoms with Crippen molar-refractivity contribution in [1.29, 1.82) is 0 Å². The molecule has 2 N–H and O–H groups in total. The van der Waals surface area contributed by atoms with Gasteiger partial charge in [-0.2, -0.15) is 5.10 Å². The highest BCUT2D eigenvalue weighted by atomic mass is 32.2. The van der Waals surface area contributed by atoms with Gasteiger partial charge in [0, 0.05) is 24.4 Å². The standard InChI is InChI=1S/C23H24N4O7S/c1-23(28)7-10-33-20-15(23)5-6-16(31-2)21(20)35(29,30)26-22-19-17(32-3)11-14(12-18(19)34-25-22)13-27-9-4-8-24-27/h4-6,8-9,11-12,28H,7,10,13H2,1-3H3,(H,25,26). The molecule has 1 atom stereocenters. The van der Waals surface area contributed by atoms with Gasteiger partial charge in [0.25, 0.3) is 10.0 Å². The number of rotatable bonds is 7. The van der Waals surface area contributed by atoms with E-state index in [9.17, 15) is 13.5 Å². The lowest BCUT2D eigenvalue weighted by Gasteiger charge is -2.32. The fraction of sp³-hybridized carbons (Fsp3) is 0.304. The molecule has 0 radical (unpaired) electrons. The second-order valence-electron chi connectivity index (χ2n) is 8.36. The zero-order valence-corrected chi connectivity index (χ0v) is 20.1. The van der Waals surface area contributed by atoms with E-state index >= 15 is 0 Å². The number of hydrogen-bond donors (Lipinski definition) is 2. The van der Waals surface area contributed by atoms with Crippen molar-refractivity contribution in [2.75, 3.05) is 25.5 Å². The van der Waals surface area contributed by atoms with Gasteiger partial charge in [0.1, 0.15) is 22.6 Å². The van der Waals surface area contributed by atoms with Crippen LogP contribution < -0.4 is 18.9 Å². The van der Waals surface area contributed by atoms with Crippen LogP contribution in [0.4, 0.5) is 5.82 Å². The zero-order chi connectivity index (χ0) is 24.8. The molecular weight excluding hydrogens is 476 g/mol. The summed E-state index contributed by atoms with van der Waals surface area (Å²) in [7, 11) is -1.45. The highest BCUT2D eigenvalue weighted by Crippen LogP contribution is 2.45. The Balaban J connectivity index is 1.58. The number of methoxy groups -OCH3 is 2. The van der Waals surface area contributed by atoms with Crippen molar-refractivity contribution < 1.29 is 32.3 Å². The lowest BCUT2D eigenvalue weighted by Crippen LogP contribution is -2.31. The van der Waals surface area contributed by atoms with E-state index in [1.54, 1.807) is 36.0 Å². The van der Waals surface area contributed by atoms with E-state index in [1.807, 2.05) is 12.3 Å². The molecule has 2 aromatic heterocycles. The smallest absolute Gasteiger partial charge is 0.270 e. The first-order chi connectivity index (χ1) is 16.7. The zero-order valence-electron chi connectivity index (χ0n) is 19.3. The van der Waals surface area contributed by atoms with Gasteiger partial charge in [-0.25, -0.2) is 8.42 Å². The molecular formula is C23H24N4O7S.